The number of hydrogen-bond donors (Lipinski definition) is 2. The van der Waals surface area contributed by atoms with Crippen molar-refractivity contribution in [1.82, 2.24) is 0 Å². The third-order valence-electron chi connectivity index (χ3n) is 3.19. The lowest BCUT2D eigenvalue weighted by Crippen LogP contribution is -2.16. The van der Waals surface area contributed by atoms with Crippen LogP contribution in [-0.2, 0) is 4.79 Å². The zero-order valence-corrected chi connectivity index (χ0v) is 12.8. The molecule has 0 aliphatic heterocycles. The number of para-hydroxylation sites is 2. The Morgan fingerprint density at radius 1 is 1.18 bits per heavy atom. The van der Waals surface area contributed by atoms with Gasteiger partial charge in [0.2, 0.25) is 5.91 Å². The van der Waals surface area contributed by atoms with Crippen molar-refractivity contribution in [3.8, 4) is 11.5 Å². The van der Waals surface area contributed by atoms with Crippen molar-refractivity contribution in [3.05, 3.63) is 48.0 Å². The van der Waals surface area contributed by atoms with Crippen LogP contribution in [0.25, 0.3) is 0 Å². The molecule has 0 aliphatic carbocycles. The van der Waals surface area contributed by atoms with Crippen molar-refractivity contribution in [1.29, 1.82) is 0 Å². The van der Waals surface area contributed by atoms with Crippen molar-refractivity contribution in [3.63, 3.8) is 0 Å². The number of carbonyl (C=O) groups is 1. The van der Waals surface area contributed by atoms with Gasteiger partial charge < -0.3 is 20.5 Å². The number of anilines is 2. The van der Waals surface area contributed by atoms with Gasteiger partial charge in [-0.25, -0.2) is 0 Å². The number of nitrogens with two attached hydrogens (primary N) is 1. The van der Waals surface area contributed by atoms with Gasteiger partial charge in [-0.1, -0.05) is 18.2 Å². The van der Waals surface area contributed by atoms with Crippen LogP contribution in [0.3, 0.4) is 0 Å². The molecule has 0 spiro atoms. The molecule has 0 heterocycles. The van der Waals surface area contributed by atoms with Crippen molar-refractivity contribution in [2.24, 2.45) is 0 Å². The van der Waals surface area contributed by atoms with Crippen LogP contribution in [0.2, 0.25) is 0 Å². The maximum atomic E-state index is 12.0. The van der Waals surface area contributed by atoms with Crippen LogP contribution in [0.15, 0.2) is 42.5 Å². The maximum Gasteiger partial charge on any atom is 0.227 e. The lowest BCUT2D eigenvalue weighted by molar-refractivity contribution is -0.116. The summed E-state index contributed by atoms with van der Waals surface area (Å²) in [6.45, 7) is 2.19. The Hall–Kier alpha value is -2.69. The Kier molecular flexibility index (Phi) is 5.25. The fraction of sp³-hybridized carbons (Fsp3) is 0.235. The van der Waals surface area contributed by atoms with Gasteiger partial charge in [-0.3, -0.25) is 4.79 Å². The highest BCUT2D eigenvalue weighted by Crippen LogP contribution is 2.25. The zero-order valence-electron chi connectivity index (χ0n) is 12.8. The number of carbonyl (C=O) groups excluding carboxylic acids is 1. The molecule has 5 nitrogen and oxygen atoms in total. The largest absolute Gasteiger partial charge is 0.493 e. The molecule has 2 aromatic rings. The van der Waals surface area contributed by atoms with Crippen molar-refractivity contribution < 1.29 is 14.3 Å². The monoisotopic (exact) mass is 300 g/mol. The Morgan fingerprint density at radius 2 is 1.91 bits per heavy atom. The summed E-state index contributed by atoms with van der Waals surface area (Å²) in [5.74, 6) is 1.15. The predicted octanol–water partition coefficient (Wildman–Crippen LogP) is 2.99. The third kappa shape index (κ3) is 4.15. The van der Waals surface area contributed by atoms with Gasteiger partial charge >= 0.3 is 0 Å². The predicted molar refractivity (Wildman–Crippen MR) is 87.3 cm³/mol. The number of rotatable bonds is 6. The van der Waals surface area contributed by atoms with Crippen LogP contribution in [0.5, 0.6) is 11.5 Å². The molecule has 22 heavy (non-hydrogen) atoms. The summed E-state index contributed by atoms with van der Waals surface area (Å²) in [5, 5.41) is 2.84. The van der Waals surface area contributed by atoms with Gasteiger partial charge in [-0.15, -0.1) is 0 Å². The van der Waals surface area contributed by atoms with Gasteiger partial charge in [-0.05, 0) is 36.8 Å². The van der Waals surface area contributed by atoms with Crippen molar-refractivity contribution in [2.75, 3.05) is 24.8 Å². The van der Waals surface area contributed by atoms with Crippen LogP contribution >= 0.6 is 0 Å². The Balaban J connectivity index is 1.87. The molecule has 0 bridgehead atoms. The molecule has 0 radical (unpaired) electrons. The second-order valence-corrected chi connectivity index (χ2v) is 4.87. The molecule has 5 heteroatoms. The molecule has 116 valence electrons. The topological polar surface area (TPSA) is 73.6 Å². The summed E-state index contributed by atoms with van der Waals surface area (Å²) in [6, 6.07) is 12.7. The highest BCUT2D eigenvalue weighted by atomic mass is 16.5. The second kappa shape index (κ2) is 7.36. The normalized spacial score (nSPS) is 10.1. The molecule has 0 saturated heterocycles. The van der Waals surface area contributed by atoms with E-state index in [0.717, 1.165) is 11.3 Å². The van der Waals surface area contributed by atoms with E-state index in [9.17, 15) is 4.79 Å². The number of aryl methyl sites for hydroxylation is 1. The van der Waals surface area contributed by atoms with Crippen LogP contribution < -0.4 is 20.5 Å². The molecule has 0 aromatic heterocycles. The lowest BCUT2D eigenvalue weighted by Gasteiger charge is -2.11. The molecule has 1 amide bonds. The van der Waals surface area contributed by atoms with E-state index in [4.69, 9.17) is 15.2 Å². The highest BCUT2D eigenvalue weighted by Gasteiger charge is 2.07. The van der Waals surface area contributed by atoms with Gasteiger partial charge in [0, 0.05) is 11.4 Å². The minimum absolute atomic E-state index is 0.122. The number of ether oxygens (including phenoxy) is 2. The van der Waals surface area contributed by atoms with Crippen molar-refractivity contribution in [2.45, 2.75) is 13.3 Å². The Labute approximate surface area is 130 Å². The van der Waals surface area contributed by atoms with E-state index in [0.29, 0.717) is 17.2 Å². The van der Waals surface area contributed by atoms with Crippen LogP contribution in [0.4, 0.5) is 11.4 Å². The third-order valence-corrected chi connectivity index (χ3v) is 3.19. The van der Waals surface area contributed by atoms with Crippen LogP contribution in [0.1, 0.15) is 12.0 Å². The first kappa shape index (κ1) is 15.7. The lowest BCUT2D eigenvalue weighted by atomic mass is 10.2. The minimum Gasteiger partial charge on any atom is -0.493 e. The van der Waals surface area contributed by atoms with Gasteiger partial charge in [0.25, 0.3) is 0 Å². The average Bonchev–Trinajstić information content (AvgIpc) is 2.51. The molecule has 0 aliphatic rings. The molecule has 0 atom stereocenters. The van der Waals surface area contributed by atoms with Crippen LogP contribution in [-0.4, -0.2) is 19.6 Å². The number of amides is 1. The number of nitrogen functional groups attached to an aromatic ring is 1. The minimum atomic E-state index is -0.122. The zero-order chi connectivity index (χ0) is 15.9. The molecular formula is C17H20N2O3. The summed E-state index contributed by atoms with van der Waals surface area (Å²) < 4.78 is 10.8. The highest BCUT2D eigenvalue weighted by molar-refractivity contribution is 5.92. The van der Waals surface area contributed by atoms with Crippen LogP contribution in [0, 0.1) is 6.92 Å². The summed E-state index contributed by atoms with van der Waals surface area (Å²) in [5.41, 5.74) is 8.03. The van der Waals surface area contributed by atoms with Gasteiger partial charge in [0.15, 0.2) is 11.5 Å². The molecule has 2 aromatic carbocycles. The van der Waals surface area contributed by atoms with Gasteiger partial charge in [-0.2, -0.15) is 0 Å². The van der Waals surface area contributed by atoms with E-state index in [2.05, 4.69) is 5.32 Å². The Morgan fingerprint density at radius 3 is 2.64 bits per heavy atom. The van der Waals surface area contributed by atoms with Crippen molar-refractivity contribution >= 4 is 17.3 Å². The standard InChI is InChI=1S/C17H20N2O3/c1-12-7-8-13(18)11-14(12)19-17(20)9-10-22-16-6-4-3-5-15(16)21-2/h3-8,11H,9-10,18H2,1-2H3,(H,19,20). The number of nitrogens with one attached hydrogen (secondary N) is 1. The van der Waals surface area contributed by atoms with E-state index in [-0.39, 0.29) is 18.9 Å². The molecule has 0 saturated carbocycles. The smallest absolute Gasteiger partial charge is 0.227 e. The molecule has 0 unspecified atom stereocenters. The number of benzene rings is 2. The number of methoxy groups -OCH3 is 1. The fourth-order valence-corrected chi connectivity index (χ4v) is 1.98. The maximum absolute atomic E-state index is 12.0. The van der Waals surface area contributed by atoms with E-state index in [1.807, 2.05) is 31.2 Å². The first-order valence-corrected chi connectivity index (χ1v) is 7.02. The van der Waals surface area contributed by atoms with E-state index in [1.54, 1.807) is 25.3 Å². The summed E-state index contributed by atoms with van der Waals surface area (Å²) >= 11 is 0. The van der Waals surface area contributed by atoms with E-state index in [1.165, 1.54) is 0 Å². The summed E-state index contributed by atoms with van der Waals surface area (Å²) in [6.07, 6.45) is 0.242. The van der Waals surface area contributed by atoms with E-state index >= 15 is 0 Å². The van der Waals surface area contributed by atoms with Gasteiger partial charge in [0.1, 0.15) is 0 Å². The number of hydrogen-bond acceptors (Lipinski definition) is 4. The summed E-state index contributed by atoms with van der Waals surface area (Å²) in [7, 11) is 1.58. The molecule has 0 fully saturated rings. The quantitative estimate of drug-likeness (QED) is 0.804. The van der Waals surface area contributed by atoms with E-state index < -0.39 is 0 Å². The second-order valence-electron chi connectivity index (χ2n) is 4.87. The molecule has 2 rings (SSSR count). The Bertz CT molecular complexity index is 656. The summed E-state index contributed by atoms with van der Waals surface area (Å²) in [4.78, 5) is 12.0. The first-order chi connectivity index (χ1) is 10.6. The fourth-order valence-electron chi connectivity index (χ4n) is 1.98. The molecule has 3 N–H and O–H groups in total. The first-order valence-electron chi connectivity index (χ1n) is 7.02. The van der Waals surface area contributed by atoms with Gasteiger partial charge in [0.05, 0.1) is 20.1 Å². The average molecular weight is 300 g/mol. The SMILES string of the molecule is COc1ccccc1OCCC(=O)Nc1cc(N)ccc1C. The molecular weight excluding hydrogens is 280 g/mol.